The topological polar surface area (TPSA) is 92.5 Å². The molecule has 0 aliphatic heterocycles. The van der Waals surface area contributed by atoms with E-state index in [-0.39, 0.29) is 28.8 Å². The number of aromatic nitrogens is 1. The number of halogens is 1. The highest BCUT2D eigenvalue weighted by atomic mass is 35.5. The van der Waals surface area contributed by atoms with E-state index in [2.05, 4.69) is 10.5 Å². The normalized spacial score (nSPS) is 11.4. The fourth-order valence-corrected chi connectivity index (χ4v) is 5.38. The largest absolute Gasteiger partial charge is 0.356 e. The molecule has 1 aromatic heterocycles. The lowest BCUT2D eigenvalue weighted by atomic mass is 10.1. The summed E-state index contributed by atoms with van der Waals surface area (Å²) < 4.78 is 33.2. The Bertz CT molecular complexity index is 1370. The van der Waals surface area contributed by atoms with Crippen molar-refractivity contribution in [2.45, 2.75) is 18.2 Å². The Morgan fingerprint density at radius 3 is 2.53 bits per heavy atom. The van der Waals surface area contributed by atoms with Gasteiger partial charge in [-0.3, -0.25) is 9.10 Å². The van der Waals surface area contributed by atoms with E-state index >= 15 is 0 Å². The lowest BCUT2D eigenvalue weighted by molar-refractivity contribution is -0.115. The van der Waals surface area contributed by atoms with Crippen molar-refractivity contribution in [1.82, 2.24) is 5.16 Å². The number of nitrogens with one attached hydrogen (secondary N) is 1. The van der Waals surface area contributed by atoms with Gasteiger partial charge in [-0.2, -0.15) is 0 Å². The first-order valence-electron chi connectivity index (χ1n) is 9.90. The number of para-hydroxylation sites is 2. The van der Waals surface area contributed by atoms with Gasteiger partial charge in [0.2, 0.25) is 5.91 Å². The number of nitrogens with zero attached hydrogens (tertiary/aromatic N) is 2. The first-order valence-corrected chi connectivity index (χ1v) is 11.7. The lowest BCUT2D eigenvalue weighted by Crippen LogP contribution is -2.31. The summed E-state index contributed by atoms with van der Waals surface area (Å²) in [4.78, 5) is 12.5. The van der Waals surface area contributed by atoms with Gasteiger partial charge in [-0.25, -0.2) is 8.42 Å². The SMILES string of the molecule is CCN(c1ccccc1)S(=O)(=O)c1cc(NC(=O)Cc2noc3ccccc23)ccc1Cl. The molecule has 3 aromatic carbocycles. The van der Waals surface area contributed by atoms with Crippen molar-refractivity contribution >= 4 is 49.9 Å². The zero-order chi connectivity index (χ0) is 22.7. The highest BCUT2D eigenvalue weighted by molar-refractivity contribution is 7.93. The van der Waals surface area contributed by atoms with Gasteiger partial charge >= 0.3 is 0 Å². The van der Waals surface area contributed by atoms with Crippen LogP contribution in [0.5, 0.6) is 0 Å². The number of amides is 1. The molecular weight excluding hydrogens is 450 g/mol. The van der Waals surface area contributed by atoms with Crippen LogP contribution in [0.25, 0.3) is 11.0 Å². The van der Waals surface area contributed by atoms with Gasteiger partial charge in [0.1, 0.15) is 10.6 Å². The number of fused-ring (bicyclic) bond motifs is 1. The minimum absolute atomic E-state index is 0.0210. The molecule has 9 heteroatoms. The van der Waals surface area contributed by atoms with E-state index < -0.39 is 10.0 Å². The number of benzene rings is 3. The molecule has 4 aromatic rings. The summed E-state index contributed by atoms with van der Waals surface area (Å²) in [6, 6.07) is 20.4. The molecule has 4 rings (SSSR count). The Kier molecular flexibility index (Phi) is 6.16. The molecular formula is C23H20ClN3O4S. The van der Waals surface area contributed by atoms with E-state index in [1.165, 1.54) is 16.4 Å². The Balaban J connectivity index is 1.59. The fourth-order valence-electron chi connectivity index (χ4n) is 3.41. The molecule has 1 N–H and O–H groups in total. The zero-order valence-electron chi connectivity index (χ0n) is 17.2. The van der Waals surface area contributed by atoms with Gasteiger partial charge in [-0.15, -0.1) is 0 Å². The van der Waals surface area contributed by atoms with Crippen LogP contribution in [0.1, 0.15) is 12.6 Å². The van der Waals surface area contributed by atoms with Crippen LogP contribution in [-0.4, -0.2) is 26.0 Å². The molecule has 0 aliphatic carbocycles. The van der Waals surface area contributed by atoms with Gasteiger partial charge in [0.05, 0.1) is 17.1 Å². The first-order chi connectivity index (χ1) is 15.4. The summed E-state index contributed by atoms with van der Waals surface area (Å²) in [5.41, 5.74) is 1.94. The van der Waals surface area contributed by atoms with Crippen LogP contribution in [-0.2, 0) is 21.2 Å². The summed E-state index contributed by atoms with van der Waals surface area (Å²) in [5, 5.41) is 7.50. The Labute approximate surface area is 190 Å². The van der Waals surface area contributed by atoms with Gasteiger partial charge < -0.3 is 9.84 Å². The maximum atomic E-state index is 13.3. The molecule has 0 radical (unpaired) electrons. The van der Waals surface area contributed by atoms with E-state index in [0.29, 0.717) is 22.7 Å². The average molecular weight is 470 g/mol. The van der Waals surface area contributed by atoms with Crippen molar-refractivity contribution < 1.29 is 17.7 Å². The van der Waals surface area contributed by atoms with E-state index in [1.807, 2.05) is 24.3 Å². The van der Waals surface area contributed by atoms with Crippen molar-refractivity contribution in [2.24, 2.45) is 0 Å². The van der Waals surface area contributed by atoms with Gasteiger partial charge in [-0.1, -0.05) is 47.1 Å². The molecule has 0 aliphatic rings. The van der Waals surface area contributed by atoms with Crippen LogP contribution in [0.15, 0.2) is 82.2 Å². The highest BCUT2D eigenvalue weighted by Crippen LogP contribution is 2.30. The van der Waals surface area contributed by atoms with Gasteiger partial charge in [-0.05, 0) is 49.4 Å². The molecule has 0 saturated heterocycles. The van der Waals surface area contributed by atoms with Crippen molar-refractivity contribution in [3.63, 3.8) is 0 Å². The molecule has 0 fully saturated rings. The molecule has 32 heavy (non-hydrogen) atoms. The number of carbonyl (C=O) groups excluding carboxylic acids is 1. The second-order valence-electron chi connectivity index (χ2n) is 7.00. The predicted molar refractivity (Wildman–Crippen MR) is 124 cm³/mol. The Morgan fingerprint density at radius 1 is 1.06 bits per heavy atom. The van der Waals surface area contributed by atoms with Crippen LogP contribution in [0.2, 0.25) is 5.02 Å². The van der Waals surface area contributed by atoms with E-state index in [4.69, 9.17) is 16.1 Å². The second kappa shape index (κ2) is 9.02. The minimum atomic E-state index is -3.95. The summed E-state index contributed by atoms with van der Waals surface area (Å²) in [6.07, 6.45) is -0.0210. The number of anilines is 2. The van der Waals surface area contributed by atoms with Crippen molar-refractivity contribution in [3.8, 4) is 0 Å². The van der Waals surface area contributed by atoms with Crippen LogP contribution in [0.3, 0.4) is 0 Å². The van der Waals surface area contributed by atoms with Crippen LogP contribution < -0.4 is 9.62 Å². The van der Waals surface area contributed by atoms with Crippen molar-refractivity contribution in [1.29, 1.82) is 0 Å². The number of hydrogen-bond acceptors (Lipinski definition) is 5. The van der Waals surface area contributed by atoms with E-state index in [0.717, 1.165) is 5.39 Å². The molecule has 164 valence electrons. The molecule has 1 heterocycles. The third-order valence-electron chi connectivity index (χ3n) is 4.89. The van der Waals surface area contributed by atoms with E-state index in [9.17, 15) is 13.2 Å². The van der Waals surface area contributed by atoms with Gasteiger partial charge in [0, 0.05) is 17.6 Å². The molecule has 0 saturated carbocycles. The van der Waals surface area contributed by atoms with Crippen LogP contribution in [0, 0.1) is 0 Å². The van der Waals surface area contributed by atoms with Crippen LogP contribution >= 0.6 is 11.6 Å². The number of sulfonamides is 1. The summed E-state index contributed by atoms with van der Waals surface area (Å²) >= 11 is 6.25. The zero-order valence-corrected chi connectivity index (χ0v) is 18.7. The summed E-state index contributed by atoms with van der Waals surface area (Å²) in [7, 11) is -3.95. The number of rotatable bonds is 7. The standard InChI is InChI=1S/C23H20ClN3O4S/c1-2-27(17-8-4-3-5-9-17)32(29,30)22-14-16(12-13-19(22)24)25-23(28)15-20-18-10-6-7-11-21(18)31-26-20/h3-14H,2,15H2,1H3,(H,25,28). The molecule has 0 spiro atoms. The predicted octanol–water partition coefficient (Wildman–Crippen LogP) is 4.88. The van der Waals surface area contributed by atoms with Gasteiger partial charge in [0.25, 0.3) is 10.0 Å². The Hall–Kier alpha value is -3.36. The van der Waals surface area contributed by atoms with Crippen molar-refractivity contribution in [3.05, 3.63) is 83.5 Å². The average Bonchev–Trinajstić information content (AvgIpc) is 3.19. The quantitative estimate of drug-likeness (QED) is 0.416. The molecule has 1 amide bonds. The third kappa shape index (κ3) is 4.32. The molecule has 0 bridgehead atoms. The van der Waals surface area contributed by atoms with E-state index in [1.54, 1.807) is 43.3 Å². The monoisotopic (exact) mass is 469 g/mol. The van der Waals surface area contributed by atoms with Crippen molar-refractivity contribution in [2.75, 3.05) is 16.2 Å². The highest BCUT2D eigenvalue weighted by Gasteiger charge is 2.26. The second-order valence-corrected chi connectivity index (χ2v) is 9.24. The number of hydrogen-bond donors (Lipinski definition) is 1. The first kappa shape index (κ1) is 21.9. The third-order valence-corrected chi connectivity index (χ3v) is 7.28. The Morgan fingerprint density at radius 2 is 1.78 bits per heavy atom. The van der Waals surface area contributed by atoms with Gasteiger partial charge in [0.15, 0.2) is 5.58 Å². The molecule has 0 atom stereocenters. The lowest BCUT2D eigenvalue weighted by Gasteiger charge is -2.23. The maximum Gasteiger partial charge on any atom is 0.265 e. The van der Waals surface area contributed by atoms with Crippen LogP contribution in [0.4, 0.5) is 11.4 Å². The number of carbonyl (C=O) groups is 1. The minimum Gasteiger partial charge on any atom is -0.356 e. The summed E-state index contributed by atoms with van der Waals surface area (Å²) in [5.74, 6) is -0.356. The summed E-state index contributed by atoms with van der Waals surface area (Å²) in [6.45, 7) is 1.96. The molecule has 0 unspecified atom stereocenters. The smallest absolute Gasteiger partial charge is 0.265 e. The maximum absolute atomic E-state index is 13.3. The fraction of sp³-hybridized carbons (Fsp3) is 0.130. The molecule has 7 nitrogen and oxygen atoms in total.